The molecule has 104 valence electrons. The Labute approximate surface area is 124 Å². The molecule has 1 aromatic carbocycles. The van der Waals surface area contributed by atoms with Gasteiger partial charge >= 0.3 is 0 Å². The third-order valence-electron chi connectivity index (χ3n) is 3.63. The van der Waals surface area contributed by atoms with Crippen LogP contribution in [0.1, 0.15) is 31.2 Å². The molecular weight excluding hydrogens is 278 g/mol. The summed E-state index contributed by atoms with van der Waals surface area (Å²) in [6, 6.07) is 6.95. The highest BCUT2D eigenvalue weighted by Gasteiger charge is 2.21. The molecule has 1 aromatic rings. The number of nitrogens with one attached hydrogen (secondary N) is 1. The van der Waals surface area contributed by atoms with Gasteiger partial charge in [0, 0.05) is 34.9 Å². The Hall–Kier alpha value is -0.220. The lowest BCUT2D eigenvalue weighted by molar-refractivity contribution is 0.129. The van der Waals surface area contributed by atoms with Crippen molar-refractivity contribution in [3.63, 3.8) is 0 Å². The van der Waals surface area contributed by atoms with E-state index in [9.17, 15) is 0 Å². The maximum Gasteiger partial charge on any atom is 0.0669 e. The molecule has 1 aliphatic carbocycles. The third kappa shape index (κ3) is 4.12. The summed E-state index contributed by atoms with van der Waals surface area (Å²) in [5, 5.41) is 4.39. The normalized spacial score (nSPS) is 22.9. The zero-order valence-electron chi connectivity index (χ0n) is 11.0. The highest BCUT2D eigenvalue weighted by Crippen LogP contribution is 2.29. The molecule has 2 aliphatic rings. The van der Waals surface area contributed by atoms with Crippen LogP contribution < -0.4 is 5.32 Å². The molecule has 2 fully saturated rings. The summed E-state index contributed by atoms with van der Waals surface area (Å²) < 4.78 is 5.68. The van der Waals surface area contributed by atoms with Crippen molar-refractivity contribution in [1.29, 1.82) is 0 Å². The summed E-state index contributed by atoms with van der Waals surface area (Å²) in [6.07, 6.45) is 5.49. The van der Waals surface area contributed by atoms with Crippen LogP contribution in [0, 0.1) is 0 Å². The molecule has 1 saturated carbocycles. The topological polar surface area (TPSA) is 21.3 Å². The first-order valence-electron chi connectivity index (χ1n) is 7.07. The van der Waals surface area contributed by atoms with E-state index in [1.807, 2.05) is 17.8 Å². The molecule has 1 saturated heterocycles. The molecule has 1 N–H and O–H groups in total. The Balaban J connectivity index is 1.60. The average Bonchev–Trinajstić information content (AvgIpc) is 3.10. The first kappa shape index (κ1) is 13.7. The number of benzene rings is 1. The van der Waals surface area contributed by atoms with Crippen LogP contribution in [-0.2, 0) is 11.3 Å². The maximum atomic E-state index is 6.11. The van der Waals surface area contributed by atoms with Gasteiger partial charge in [0.2, 0.25) is 0 Å². The number of rotatable bonds is 6. The number of ether oxygens (including phenoxy) is 1. The van der Waals surface area contributed by atoms with Gasteiger partial charge in [0.1, 0.15) is 0 Å². The fraction of sp³-hybridized carbons (Fsp3) is 0.600. The first-order chi connectivity index (χ1) is 9.31. The Morgan fingerprint density at radius 2 is 2.21 bits per heavy atom. The smallest absolute Gasteiger partial charge is 0.0669 e. The van der Waals surface area contributed by atoms with Crippen molar-refractivity contribution in [3.05, 3.63) is 28.8 Å². The van der Waals surface area contributed by atoms with Crippen molar-refractivity contribution in [2.24, 2.45) is 0 Å². The van der Waals surface area contributed by atoms with Gasteiger partial charge in [-0.3, -0.25) is 0 Å². The van der Waals surface area contributed by atoms with Crippen molar-refractivity contribution in [3.8, 4) is 0 Å². The van der Waals surface area contributed by atoms with Gasteiger partial charge in [-0.15, -0.1) is 11.8 Å². The van der Waals surface area contributed by atoms with Crippen LogP contribution in [0.2, 0.25) is 5.02 Å². The van der Waals surface area contributed by atoms with Crippen LogP contribution in [0.25, 0.3) is 0 Å². The van der Waals surface area contributed by atoms with Crippen molar-refractivity contribution < 1.29 is 4.74 Å². The summed E-state index contributed by atoms with van der Waals surface area (Å²) >= 11 is 8.01. The Morgan fingerprint density at radius 3 is 2.95 bits per heavy atom. The van der Waals surface area contributed by atoms with E-state index in [0.29, 0.717) is 6.10 Å². The summed E-state index contributed by atoms with van der Waals surface area (Å²) in [7, 11) is 0. The lowest BCUT2D eigenvalue weighted by Crippen LogP contribution is -2.16. The standard InChI is InChI=1S/C15H20ClNOS/c16-12-3-6-15(19-10-14-2-1-7-18-14)11(8-12)9-17-13-4-5-13/h3,6,8,13-14,17H,1-2,4-5,7,9-10H2. The molecule has 1 atom stereocenters. The van der Waals surface area contributed by atoms with E-state index in [2.05, 4.69) is 17.4 Å². The number of hydrogen-bond acceptors (Lipinski definition) is 3. The van der Waals surface area contributed by atoms with E-state index in [4.69, 9.17) is 16.3 Å². The van der Waals surface area contributed by atoms with Gasteiger partial charge < -0.3 is 10.1 Å². The van der Waals surface area contributed by atoms with Crippen molar-refractivity contribution in [2.75, 3.05) is 12.4 Å². The average molecular weight is 298 g/mol. The van der Waals surface area contributed by atoms with Gasteiger partial charge in [0.25, 0.3) is 0 Å². The summed E-state index contributed by atoms with van der Waals surface area (Å²) in [5.74, 6) is 1.05. The number of thioether (sulfide) groups is 1. The Morgan fingerprint density at radius 1 is 1.32 bits per heavy atom. The molecule has 1 aliphatic heterocycles. The van der Waals surface area contributed by atoms with E-state index in [1.165, 1.54) is 36.1 Å². The minimum atomic E-state index is 0.435. The molecule has 1 unspecified atom stereocenters. The highest BCUT2D eigenvalue weighted by atomic mass is 35.5. The lowest BCUT2D eigenvalue weighted by Gasteiger charge is -2.13. The molecule has 4 heteroatoms. The Kier molecular flexibility index (Phi) is 4.69. The SMILES string of the molecule is Clc1ccc(SCC2CCCO2)c(CNC2CC2)c1. The van der Waals surface area contributed by atoms with Crippen LogP contribution in [0.5, 0.6) is 0 Å². The van der Waals surface area contributed by atoms with E-state index in [1.54, 1.807) is 0 Å². The quantitative estimate of drug-likeness (QED) is 0.806. The molecule has 0 spiro atoms. The van der Waals surface area contributed by atoms with Crippen molar-refractivity contribution in [1.82, 2.24) is 5.32 Å². The highest BCUT2D eigenvalue weighted by molar-refractivity contribution is 7.99. The van der Waals surface area contributed by atoms with Crippen molar-refractivity contribution in [2.45, 2.75) is 49.3 Å². The molecule has 0 amide bonds. The first-order valence-corrected chi connectivity index (χ1v) is 8.44. The minimum absolute atomic E-state index is 0.435. The van der Waals surface area contributed by atoms with Crippen LogP contribution in [0.15, 0.2) is 23.1 Å². The molecule has 19 heavy (non-hydrogen) atoms. The Bertz CT molecular complexity index is 430. The van der Waals surface area contributed by atoms with Gasteiger partial charge in [-0.1, -0.05) is 11.6 Å². The molecule has 3 rings (SSSR count). The molecule has 0 aromatic heterocycles. The zero-order chi connectivity index (χ0) is 13.1. The van der Waals surface area contributed by atoms with Crippen LogP contribution in [0.4, 0.5) is 0 Å². The summed E-state index contributed by atoms with van der Waals surface area (Å²) in [6.45, 7) is 1.86. The number of hydrogen-bond donors (Lipinski definition) is 1. The third-order valence-corrected chi connectivity index (χ3v) is 5.11. The van der Waals surface area contributed by atoms with Gasteiger partial charge in [-0.2, -0.15) is 0 Å². The maximum absolute atomic E-state index is 6.11. The lowest BCUT2D eigenvalue weighted by atomic mass is 10.2. The molecular formula is C15H20ClNOS. The van der Waals surface area contributed by atoms with Crippen molar-refractivity contribution >= 4 is 23.4 Å². The van der Waals surface area contributed by atoms with Gasteiger partial charge in [-0.25, -0.2) is 0 Å². The predicted octanol–water partition coefficient (Wildman–Crippen LogP) is 3.86. The second-order valence-corrected chi connectivity index (χ2v) is 6.85. The van der Waals surface area contributed by atoms with Crippen LogP contribution in [0.3, 0.4) is 0 Å². The van der Waals surface area contributed by atoms with E-state index in [0.717, 1.165) is 30.0 Å². The number of halogens is 1. The summed E-state index contributed by atoms with van der Waals surface area (Å²) in [4.78, 5) is 1.34. The van der Waals surface area contributed by atoms with Crippen LogP contribution in [-0.4, -0.2) is 24.5 Å². The van der Waals surface area contributed by atoms with E-state index in [-0.39, 0.29) is 0 Å². The van der Waals surface area contributed by atoms with E-state index >= 15 is 0 Å². The fourth-order valence-corrected chi connectivity index (χ4v) is 3.63. The van der Waals surface area contributed by atoms with Gasteiger partial charge in [0.05, 0.1) is 6.10 Å². The van der Waals surface area contributed by atoms with Gasteiger partial charge in [-0.05, 0) is 49.4 Å². The monoisotopic (exact) mass is 297 g/mol. The second kappa shape index (κ2) is 6.49. The zero-order valence-corrected chi connectivity index (χ0v) is 12.6. The molecule has 1 heterocycles. The van der Waals surface area contributed by atoms with Crippen LogP contribution >= 0.6 is 23.4 Å². The predicted molar refractivity (Wildman–Crippen MR) is 81.0 cm³/mol. The molecule has 0 radical (unpaired) electrons. The van der Waals surface area contributed by atoms with E-state index < -0.39 is 0 Å². The summed E-state index contributed by atoms with van der Waals surface area (Å²) in [5.41, 5.74) is 1.32. The van der Waals surface area contributed by atoms with Gasteiger partial charge in [0.15, 0.2) is 0 Å². The molecule has 2 nitrogen and oxygen atoms in total. The minimum Gasteiger partial charge on any atom is -0.377 e. The molecule has 0 bridgehead atoms. The second-order valence-electron chi connectivity index (χ2n) is 5.35. The largest absolute Gasteiger partial charge is 0.377 e. The fourth-order valence-electron chi connectivity index (χ4n) is 2.33.